The van der Waals surface area contributed by atoms with Crippen molar-refractivity contribution in [2.24, 2.45) is 10.9 Å². The second-order valence-corrected chi connectivity index (χ2v) is 6.45. The van der Waals surface area contributed by atoms with Gasteiger partial charge in [-0.3, -0.25) is 9.59 Å². The maximum atomic E-state index is 12.0. The molecule has 120 valence electrons. The number of nitrogens with zero attached hydrogens (tertiary/aromatic N) is 2. The predicted octanol–water partition coefficient (Wildman–Crippen LogP) is 1.44. The van der Waals surface area contributed by atoms with E-state index < -0.39 is 5.97 Å². The largest absolute Gasteiger partial charge is 0.468 e. The first-order valence-corrected chi connectivity index (χ1v) is 8.06. The predicted molar refractivity (Wildman–Crippen MR) is 81.2 cm³/mol. The third kappa shape index (κ3) is 2.59. The Morgan fingerprint density at radius 2 is 2.09 bits per heavy atom. The van der Waals surface area contributed by atoms with Crippen molar-refractivity contribution in [1.29, 1.82) is 0 Å². The van der Waals surface area contributed by atoms with Gasteiger partial charge >= 0.3 is 5.97 Å². The second kappa shape index (κ2) is 5.38. The fourth-order valence-electron chi connectivity index (χ4n) is 2.41. The Morgan fingerprint density at radius 3 is 2.78 bits per heavy atom. The summed E-state index contributed by atoms with van der Waals surface area (Å²) in [5, 5.41) is 0. The molecule has 7 nitrogen and oxygen atoms in total. The molecule has 0 atom stereocenters. The quantitative estimate of drug-likeness (QED) is 0.794. The molecular weight excluding hydrogens is 320 g/mol. The number of hydrogen-bond acceptors (Lipinski definition) is 6. The van der Waals surface area contributed by atoms with Gasteiger partial charge in [-0.1, -0.05) is 11.3 Å². The van der Waals surface area contributed by atoms with Crippen molar-refractivity contribution in [2.75, 3.05) is 13.9 Å². The molecule has 2 heterocycles. The monoisotopic (exact) mass is 334 g/mol. The molecule has 2 aromatic rings. The van der Waals surface area contributed by atoms with E-state index in [1.54, 1.807) is 10.6 Å². The van der Waals surface area contributed by atoms with Crippen molar-refractivity contribution in [3.05, 3.63) is 16.9 Å². The van der Waals surface area contributed by atoms with Crippen LogP contribution in [0.1, 0.15) is 12.8 Å². The number of methoxy groups -OCH3 is 1. The zero-order valence-electron chi connectivity index (χ0n) is 12.4. The van der Waals surface area contributed by atoms with E-state index in [9.17, 15) is 9.59 Å². The highest BCUT2D eigenvalue weighted by atomic mass is 32.1. The number of aromatic nitrogens is 1. The number of carbonyl (C=O) groups excluding carboxylic acids is 2. The summed E-state index contributed by atoms with van der Waals surface area (Å²) in [5.74, 6) is 0.777. The van der Waals surface area contributed by atoms with Crippen molar-refractivity contribution in [1.82, 2.24) is 4.57 Å². The van der Waals surface area contributed by atoms with Gasteiger partial charge in [-0.05, 0) is 12.8 Å². The highest BCUT2D eigenvalue weighted by Gasteiger charge is 2.29. The molecule has 0 N–H and O–H groups in total. The van der Waals surface area contributed by atoms with Crippen LogP contribution in [0.25, 0.3) is 10.2 Å². The summed E-state index contributed by atoms with van der Waals surface area (Å²) in [6.07, 6.45) is 1.78. The van der Waals surface area contributed by atoms with Crippen molar-refractivity contribution >= 4 is 33.4 Å². The zero-order valence-corrected chi connectivity index (χ0v) is 13.2. The molecule has 0 unspecified atom stereocenters. The van der Waals surface area contributed by atoms with Gasteiger partial charge in [0.15, 0.2) is 16.3 Å². The molecule has 1 aromatic carbocycles. The molecule has 0 bridgehead atoms. The summed E-state index contributed by atoms with van der Waals surface area (Å²) in [6, 6.07) is 3.65. The molecular formula is C15H14N2O5S. The normalized spacial score (nSPS) is 16.8. The van der Waals surface area contributed by atoms with Gasteiger partial charge in [-0.2, -0.15) is 4.99 Å². The fourth-order valence-corrected chi connectivity index (χ4v) is 3.45. The highest BCUT2D eigenvalue weighted by molar-refractivity contribution is 7.16. The molecule has 4 rings (SSSR count). The first-order valence-electron chi connectivity index (χ1n) is 7.24. The summed E-state index contributed by atoms with van der Waals surface area (Å²) in [5.41, 5.74) is 0.770. The van der Waals surface area contributed by atoms with Crippen LogP contribution in [-0.4, -0.2) is 30.3 Å². The number of benzene rings is 1. The number of amides is 1. The van der Waals surface area contributed by atoms with Gasteiger partial charge in [0.1, 0.15) is 6.54 Å². The number of hydrogen-bond donors (Lipinski definition) is 0. The van der Waals surface area contributed by atoms with Crippen LogP contribution >= 0.6 is 11.3 Å². The number of fused-ring (bicyclic) bond motifs is 2. The van der Waals surface area contributed by atoms with Crippen LogP contribution in [0.4, 0.5) is 0 Å². The Hall–Kier alpha value is -2.35. The van der Waals surface area contributed by atoms with Gasteiger partial charge in [0, 0.05) is 18.1 Å². The van der Waals surface area contributed by atoms with E-state index in [0.717, 1.165) is 23.1 Å². The minimum absolute atomic E-state index is 0.00702. The van der Waals surface area contributed by atoms with Crippen LogP contribution in [0.15, 0.2) is 17.1 Å². The lowest BCUT2D eigenvalue weighted by molar-refractivity contribution is -0.141. The van der Waals surface area contributed by atoms with E-state index in [1.807, 2.05) is 6.07 Å². The number of rotatable bonds is 3. The molecule has 0 saturated heterocycles. The van der Waals surface area contributed by atoms with E-state index in [-0.39, 0.29) is 25.2 Å². The lowest BCUT2D eigenvalue weighted by atomic mass is 10.3. The molecule has 23 heavy (non-hydrogen) atoms. The maximum Gasteiger partial charge on any atom is 0.325 e. The number of carbonyl (C=O) groups is 2. The average molecular weight is 334 g/mol. The molecule has 8 heteroatoms. The van der Waals surface area contributed by atoms with E-state index in [0.29, 0.717) is 16.3 Å². The molecule has 1 aromatic heterocycles. The zero-order chi connectivity index (χ0) is 16.0. The topological polar surface area (TPSA) is 79.1 Å². The molecule has 1 aliphatic heterocycles. The Bertz CT molecular complexity index is 878. The minimum atomic E-state index is -0.400. The minimum Gasteiger partial charge on any atom is -0.468 e. The molecule has 1 aliphatic carbocycles. The van der Waals surface area contributed by atoms with Gasteiger partial charge < -0.3 is 18.8 Å². The molecule has 0 radical (unpaired) electrons. The first-order chi connectivity index (χ1) is 11.2. The summed E-state index contributed by atoms with van der Waals surface area (Å²) in [6.45, 7) is 0.175. The van der Waals surface area contributed by atoms with Crippen molar-refractivity contribution in [2.45, 2.75) is 19.4 Å². The lowest BCUT2D eigenvalue weighted by Gasteiger charge is -2.04. The molecule has 1 amide bonds. The van der Waals surface area contributed by atoms with E-state index in [4.69, 9.17) is 14.2 Å². The third-order valence-electron chi connectivity index (χ3n) is 3.82. The SMILES string of the molecule is COC(=O)Cn1c(=NC(=O)C2CC2)sc2cc3c(cc21)OCO3. The molecule has 0 spiro atoms. The Balaban J connectivity index is 1.88. The Labute approximate surface area is 135 Å². The summed E-state index contributed by atoms with van der Waals surface area (Å²) >= 11 is 1.35. The van der Waals surface area contributed by atoms with Crippen LogP contribution in [0.2, 0.25) is 0 Å². The number of thiazole rings is 1. The number of ether oxygens (including phenoxy) is 3. The summed E-state index contributed by atoms with van der Waals surface area (Å²) in [7, 11) is 1.33. The summed E-state index contributed by atoms with van der Waals surface area (Å²) < 4.78 is 18.1. The van der Waals surface area contributed by atoms with Crippen LogP contribution in [0.5, 0.6) is 11.5 Å². The van der Waals surface area contributed by atoms with Gasteiger partial charge in [0.25, 0.3) is 5.91 Å². The van der Waals surface area contributed by atoms with E-state index >= 15 is 0 Å². The number of esters is 1. The standard InChI is InChI=1S/C15H14N2O5S/c1-20-13(18)6-17-9-4-10-11(22-7-21-10)5-12(9)23-15(17)16-14(19)8-2-3-8/h4-5,8H,2-3,6-7H2,1H3. The molecule has 1 saturated carbocycles. The van der Waals surface area contributed by atoms with Gasteiger partial charge in [0.2, 0.25) is 6.79 Å². The highest BCUT2D eigenvalue weighted by Crippen LogP contribution is 2.37. The van der Waals surface area contributed by atoms with Crippen LogP contribution in [0, 0.1) is 5.92 Å². The van der Waals surface area contributed by atoms with E-state index in [1.165, 1.54) is 18.4 Å². The second-order valence-electron chi connectivity index (χ2n) is 5.44. The maximum absolute atomic E-state index is 12.0. The van der Waals surface area contributed by atoms with Crippen molar-refractivity contribution in [3.8, 4) is 11.5 Å². The van der Waals surface area contributed by atoms with Crippen LogP contribution < -0.4 is 14.3 Å². The first kappa shape index (κ1) is 14.3. The smallest absolute Gasteiger partial charge is 0.325 e. The lowest BCUT2D eigenvalue weighted by Crippen LogP contribution is -2.22. The molecule has 2 aliphatic rings. The van der Waals surface area contributed by atoms with Gasteiger partial charge in [-0.25, -0.2) is 0 Å². The Morgan fingerprint density at radius 1 is 1.35 bits per heavy atom. The Kier molecular flexibility index (Phi) is 3.33. The van der Waals surface area contributed by atoms with Gasteiger partial charge in [-0.15, -0.1) is 0 Å². The fraction of sp³-hybridized carbons (Fsp3) is 0.400. The summed E-state index contributed by atoms with van der Waals surface area (Å²) in [4.78, 5) is 28.4. The third-order valence-corrected chi connectivity index (χ3v) is 4.87. The van der Waals surface area contributed by atoms with Gasteiger partial charge in [0.05, 0.1) is 17.3 Å². The van der Waals surface area contributed by atoms with Crippen molar-refractivity contribution < 1.29 is 23.8 Å². The van der Waals surface area contributed by atoms with Crippen LogP contribution in [0.3, 0.4) is 0 Å². The van der Waals surface area contributed by atoms with E-state index in [2.05, 4.69) is 4.99 Å². The molecule has 1 fully saturated rings. The van der Waals surface area contributed by atoms with Crippen LogP contribution in [-0.2, 0) is 20.9 Å². The van der Waals surface area contributed by atoms with Crippen molar-refractivity contribution in [3.63, 3.8) is 0 Å². The average Bonchev–Trinajstić information content (AvgIpc) is 3.23.